The van der Waals surface area contributed by atoms with Gasteiger partial charge in [0.15, 0.2) is 17.4 Å². The minimum absolute atomic E-state index is 0.0410. The molecule has 0 atom stereocenters. The van der Waals surface area contributed by atoms with Crippen molar-refractivity contribution in [1.29, 1.82) is 0 Å². The van der Waals surface area contributed by atoms with E-state index in [1.54, 1.807) is 23.2 Å². The number of pyridine rings is 1. The molecule has 2 aliphatic rings. The van der Waals surface area contributed by atoms with Crippen LogP contribution in [0, 0.1) is 12.7 Å². The van der Waals surface area contributed by atoms with Gasteiger partial charge < -0.3 is 34.9 Å². The average molecular weight is 533 g/mol. The lowest BCUT2D eigenvalue weighted by Crippen LogP contribution is -2.43. The molecule has 0 spiro atoms. The molecule has 0 saturated carbocycles. The van der Waals surface area contributed by atoms with Crippen LogP contribution in [0.15, 0.2) is 42.9 Å². The van der Waals surface area contributed by atoms with Gasteiger partial charge in [0.2, 0.25) is 5.88 Å². The van der Waals surface area contributed by atoms with Crippen LogP contribution in [0.1, 0.15) is 16.1 Å². The number of halogens is 1. The van der Waals surface area contributed by atoms with Crippen LogP contribution >= 0.6 is 0 Å². The molecule has 4 aromatic rings. The Labute approximate surface area is 224 Å². The molecule has 12 heteroatoms. The van der Waals surface area contributed by atoms with Crippen LogP contribution in [0.2, 0.25) is 0 Å². The second-order valence-electron chi connectivity index (χ2n) is 9.46. The lowest BCUT2D eigenvalue weighted by Gasteiger charge is -2.29. The highest BCUT2D eigenvalue weighted by Gasteiger charge is 2.28. The first-order valence-corrected chi connectivity index (χ1v) is 12.9. The van der Waals surface area contributed by atoms with E-state index in [2.05, 4.69) is 35.5 Å². The molecule has 0 radical (unpaired) electrons. The Morgan fingerprint density at radius 1 is 1.08 bits per heavy atom. The third kappa shape index (κ3) is 5.20. The van der Waals surface area contributed by atoms with Crippen molar-refractivity contribution < 1.29 is 18.7 Å². The highest BCUT2D eigenvalue weighted by molar-refractivity contribution is 6.01. The molecule has 1 amide bonds. The van der Waals surface area contributed by atoms with Gasteiger partial charge in [0.05, 0.1) is 25.1 Å². The molecule has 39 heavy (non-hydrogen) atoms. The molecule has 2 aliphatic heterocycles. The van der Waals surface area contributed by atoms with Gasteiger partial charge in [0.25, 0.3) is 5.91 Å². The summed E-state index contributed by atoms with van der Waals surface area (Å²) in [6, 6.07) is 8.77. The van der Waals surface area contributed by atoms with Crippen molar-refractivity contribution in [2.45, 2.75) is 6.92 Å². The van der Waals surface area contributed by atoms with E-state index in [1.807, 2.05) is 19.1 Å². The van der Waals surface area contributed by atoms with Gasteiger partial charge in [0.1, 0.15) is 17.7 Å². The number of benzene rings is 1. The van der Waals surface area contributed by atoms with E-state index >= 15 is 4.39 Å². The number of ether oxygens (including phenoxy) is 2. The molecular weight excluding hydrogens is 503 g/mol. The number of hydrogen-bond donors (Lipinski definition) is 3. The van der Waals surface area contributed by atoms with E-state index in [1.165, 1.54) is 12.4 Å². The number of carbonyl (C=O) groups excluding carboxylic acids is 1. The second-order valence-corrected chi connectivity index (χ2v) is 9.46. The number of nitrogens with one attached hydrogen (secondary N) is 3. The van der Waals surface area contributed by atoms with Crippen LogP contribution in [-0.4, -0.2) is 83.2 Å². The number of amides is 1. The monoisotopic (exact) mass is 532 g/mol. The van der Waals surface area contributed by atoms with E-state index in [4.69, 9.17) is 9.47 Å². The van der Waals surface area contributed by atoms with Crippen molar-refractivity contribution in [2.24, 2.45) is 0 Å². The highest BCUT2D eigenvalue weighted by atomic mass is 19.1. The summed E-state index contributed by atoms with van der Waals surface area (Å²) >= 11 is 0. The Bertz CT molecular complexity index is 1480. The number of rotatable bonds is 6. The zero-order valence-electron chi connectivity index (χ0n) is 21.5. The van der Waals surface area contributed by atoms with Crippen molar-refractivity contribution in [2.75, 3.05) is 62.7 Å². The molecule has 1 aromatic carbocycles. The number of fused-ring (bicyclic) bond motifs is 1. The van der Waals surface area contributed by atoms with Gasteiger partial charge in [-0.1, -0.05) is 0 Å². The third-order valence-electron chi connectivity index (χ3n) is 6.84. The first-order valence-electron chi connectivity index (χ1n) is 12.9. The van der Waals surface area contributed by atoms with Crippen molar-refractivity contribution >= 4 is 34.1 Å². The number of morpholine rings is 1. The maximum Gasteiger partial charge on any atom is 0.263 e. The van der Waals surface area contributed by atoms with Gasteiger partial charge in [-0.05, 0) is 37.3 Å². The summed E-state index contributed by atoms with van der Waals surface area (Å²) in [6.07, 6.45) is 3.07. The SMILES string of the molecule is Cc1cc2c(F)c(Oc3ncnc(Nc4ccc(N5CCNCC5)cn4)c3C(=O)N3CCOCC3)ccc2[nH]1. The first kappa shape index (κ1) is 25.0. The Kier molecular flexibility index (Phi) is 6.95. The van der Waals surface area contributed by atoms with Crippen molar-refractivity contribution in [3.05, 3.63) is 59.9 Å². The fourth-order valence-electron chi connectivity index (χ4n) is 4.82. The normalized spacial score (nSPS) is 15.9. The van der Waals surface area contributed by atoms with Crippen LogP contribution in [-0.2, 0) is 4.74 Å². The molecule has 202 valence electrons. The summed E-state index contributed by atoms with van der Waals surface area (Å²) < 4.78 is 26.7. The summed E-state index contributed by atoms with van der Waals surface area (Å²) in [6.45, 7) is 7.18. The minimum Gasteiger partial charge on any atom is -0.435 e. The largest absolute Gasteiger partial charge is 0.435 e. The maximum absolute atomic E-state index is 15.4. The van der Waals surface area contributed by atoms with Crippen LogP contribution in [0.4, 0.5) is 21.7 Å². The van der Waals surface area contributed by atoms with Gasteiger partial charge >= 0.3 is 0 Å². The van der Waals surface area contributed by atoms with E-state index in [-0.39, 0.29) is 28.9 Å². The van der Waals surface area contributed by atoms with Gasteiger partial charge in [-0.15, -0.1) is 0 Å². The Hall–Kier alpha value is -4.29. The minimum atomic E-state index is -0.542. The average Bonchev–Trinajstić information content (AvgIpc) is 3.37. The van der Waals surface area contributed by atoms with E-state index in [0.29, 0.717) is 43.0 Å². The molecule has 3 aromatic heterocycles. The van der Waals surface area contributed by atoms with E-state index in [9.17, 15) is 4.79 Å². The van der Waals surface area contributed by atoms with E-state index < -0.39 is 5.82 Å². The lowest BCUT2D eigenvalue weighted by atomic mass is 10.2. The molecule has 2 fully saturated rings. The zero-order chi connectivity index (χ0) is 26.8. The number of aryl methyl sites for hydroxylation is 1. The molecular formula is C27H29FN8O3. The fourth-order valence-corrected chi connectivity index (χ4v) is 4.82. The zero-order valence-corrected chi connectivity index (χ0v) is 21.5. The third-order valence-corrected chi connectivity index (χ3v) is 6.84. The molecule has 5 heterocycles. The van der Waals surface area contributed by atoms with Crippen LogP contribution in [0.3, 0.4) is 0 Å². The predicted molar refractivity (Wildman–Crippen MR) is 144 cm³/mol. The van der Waals surface area contributed by atoms with Crippen molar-refractivity contribution in [1.82, 2.24) is 30.2 Å². The smallest absolute Gasteiger partial charge is 0.263 e. The van der Waals surface area contributed by atoms with Gasteiger partial charge in [-0.25, -0.2) is 19.3 Å². The number of hydrogen-bond acceptors (Lipinski definition) is 9. The Morgan fingerprint density at radius 2 is 1.90 bits per heavy atom. The Morgan fingerprint density at radius 3 is 2.67 bits per heavy atom. The van der Waals surface area contributed by atoms with Gasteiger partial charge in [-0.2, -0.15) is 0 Å². The number of anilines is 3. The number of nitrogens with zero attached hydrogens (tertiary/aromatic N) is 5. The molecule has 3 N–H and O–H groups in total. The standard InChI is InChI=1S/C27H29FN8O3/c1-17-14-19-20(33-17)3-4-21(24(19)28)39-26-23(27(37)36-10-12-38-13-11-36)25(31-16-32-26)34-22-5-2-18(15-30-22)35-8-6-29-7-9-35/h2-5,14-16,29,33H,6-13H2,1H3,(H,30,31,32,34). The molecule has 0 aliphatic carbocycles. The molecule has 6 rings (SSSR count). The summed E-state index contributed by atoms with van der Waals surface area (Å²) in [5.74, 6) is -0.247. The van der Waals surface area contributed by atoms with Gasteiger partial charge in [-0.3, -0.25) is 4.79 Å². The Balaban J connectivity index is 1.33. The summed E-state index contributed by atoms with van der Waals surface area (Å²) in [4.78, 5) is 33.9. The summed E-state index contributed by atoms with van der Waals surface area (Å²) in [5, 5.41) is 6.88. The lowest BCUT2D eigenvalue weighted by molar-refractivity contribution is 0.0301. The fraction of sp³-hybridized carbons (Fsp3) is 0.333. The highest BCUT2D eigenvalue weighted by Crippen LogP contribution is 2.34. The molecule has 2 saturated heterocycles. The number of piperazine rings is 1. The van der Waals surface area contributed by atoms with Crippen molar-refractivity contribution in [3.8, 4) is 11.6 Å². The van der Waals surface area contributed by atoms with Crippen molar-refractivity contribution in [3.63, 3.8) is 0 Å². The molecule has 0 bridgehead atoms. The number of aromatic amines is 1. The molecule has 11 nitrogen and oxygen atoms in total. The summed E-state index contributed by atoms with van der Waals surface area (Å²) in [5.41, 5.74) is 2.59. The number of aromatic nitrogens is 4. The number of carbonyl (C=O) groups is 1. The maximum atomic E-state index is 15.4. The van der Waals surface area contributed by atoms with E-state index in [0.717, 1.165) is 37.6 Å². The number of H-pyrrole nitrogens is 1. The quantitative estimate of drug-likeness (QED) is 0.344. The van der Waals surface area contributed by atoms with Crippen LogP contribution in [0.5, 0.6) is 11.6 Å². The first-order chi connectivity index (χ1) is 19.1. The second kappa shape index (κ2) is 10.8. The van der Waals surface area contributed by atoms with Crippen LogP contribution in [0.25, 0.3) is 10.9 Å². The predicted octanol–water partition coefficient (Wildman–Crippen LogP) is 3.22. The summed E-state index contributed by atoms with van der Waals surface area (Å²) in [7, 11) is 0. The topological polar surface area (TPSA) is 121 Å². The molecule has 0 unspecified atom stereocenters. The van der Waals surface area contributed by atoms with Crippen LogP contribution < -0.4 is 20.3 Å². The van der Waals surface area contributed by atoms with Gasteiger partial charge in [0, 0.05) is 55.9 Å².